The van der Waals surface area contributed by atoms with Crippen molar-refractivity contribution < 1.29 is 9.53 Å². The van der Waals surface area contributed by atoms with Gasteiger partial charge in [0.1, 0.15) is 5.75 Å². The number of esters is 1. The van der Waals surface area contributed by atoms with Crippen molar-refractivity contribution in [3.63, 3.8) is 0 Å². The van der Waals surface area contributed by atoms with Crippen molar-refractivity contribution in [3.05, 3.63) is 30.3 Å². The van der Waals surface area contributed by atoms with Crippen LogP contribution in [0.25, 0.3) is 0 Å². The van der Waals surface area contributed by atoms with Gasteiger partial charge in [-0.25, -0.2) is 0 Å². The highest BCUT2D eigenvalue weighted by Crippen LogP contribution is 2.21. The smallest absolute Gasteiger partial charge is 0.312 e. The maximum atomic E-state index is 11.6. The van der Waals surface area contributed by atoms with Gasteiger partial charge in [0, 0.05) is 12.4 Å². The number of benzene rings is 1. The first-order valence-electron chi connectivity index (χ1n) is 5.02. The minimum atomic E-state index is -0.411. The first kappa shape index (κ1) is 10.5. The lowest BCUT2D eigenvalue weighted by atomic mass is 9.90. The Labute approximate surface area is 93.7 Å². The molecule has 1 aromatic rings. The van der Waals surface area contributed by atoms with Gasteiger partial charge >= 0.3 is 5.97 Å². The van der Waals surface area contributed by atoms with E-state index >= 15 is 0 Å². The van der Waals surface area contributed by atoms with E-state index in [2.05, 4.69) is 10.2 Å². The average Bonchev–Trinajstić information content (AvgIpc) is 2.66. The lowest BCUT2D eigenvalue weighted by Crippen LogP contribution is -2.24. The Morgan fingerprint density at radius 1 is 1.25 bits per heavy atom. The van der Waals surface area contributed by atoms with Crippen molar-refractivity contribution in [2.24, 2.45) is 15.6 Å². The van der Waals surface area contributed by atoms with E-state index in [1.165, 1.54) is 0 Å². The van der Waals surface area contributed by atoms with Gasteiger partial charge in [0.15, 0.2) is 0 Å². The second kappa shape index (κ2) is 4.26. The zero-order valence-electron chi connectivity index (χ0n) is 8.96. The van der Waals surface area contributed by atoms with E-state index in [0.29, 0.717) is 5.75 Å². The Morgan fingerprint density at radius 3 is 2.50 bits per heavy atom. The average molecular weight is 216 g/mol. The number of para-hydroxylation sites is 1. The number of carbonyl (C=O) groups is 1. The maximum Gasteiger partial charge on any atom is 0.312 e. The standard InChI is InChI=1S/C12H12N2O2/c1-12(8-13-14-9-12)7-11(15)16-10-5-3-2-4-6-10/h2-6,8-9H,7H2,1H3. The molecule has 0 bridgehead atoms. The van der Waals surface area contributed by atoms with E-state index in [1.54, 1.807) is 24.6 Å². The summed E-state index contributed by atoms with van der Waals surface area (Å²) in [5, 5.41) is 7.47. The van der Waals surface area contributed by atoms with Gasteiger partial charge in [-0.1, -0.05) is 18.2 Å². The lowest BCUT2D eigenvalue weighted by Gasteiger charge is -2.14. The molecule has 82 valence electrons. The second-order valence-corrected chi connectivity index (χ2v) is 3.96. The summed E-state index contributed by atoms with van der Waals surface area (Å²) in [6, 6.07) is 9.01. The number of hydrogen-bond acceptors (Lipinski definition) is 4. The maximum absolute atomic E-state index is 11.6. The highest BCUT2D eigenvalue weighted by molar-refractivity contribution is 5.96. The molecule has 0 N–H and O–H groups in total. The molecule has 0 radical (unpaired) electrons. The molecule has 0 atom stereocenters. The summed E-state index contributed by atoms with van der Waals surface area (Å²) in [5.74, 6) is 0.275. The summed E-state index contributed by atoms with van der Waals surface area (Å²) in [5.41, 5.74) is -0.411. The van der Waals surface area contributed by atoms with E-state index in [9.17, 15) is 4.79 Å². The third-order valence-electron chi connectivity index (χ3n) is 2.27. The molecule has 0 unspecified atom stereocenters. The third kappa shape index (κ3) is 2.53. The summed E-state index contributed by atoms with van der Waals surface area (Å²) in [4.78, 5) is 11.6. The van der Waals surface area contributed by atoms with Gasteiger partial charge in [-0.05, 0) is 19.1 Å². The molecule has 1 aliphatic heterocycles. The molecule has 4 nitrogen and oxygen atoms in total. The highest BCUT2D eigenvalue weighted by Gasteiger charge is 2.27. The quantitative estimate of drug-likeness (QED) is 0.573. The van der Waals surface area contributed by atoms with Crippen molar-refractivity contribution in [2.75, 3.05) is 0 Å². The molecular formula is C12H12N2O2. The Bertz CT molecular complexity index is 426. The molecule has 1 aliphatic rings. The fraction of sp³-hybridized carbons (Fsp3) is 0.250. The number of ether oxygens (including phenoxy) is 1. The summed E-state index contributed by atoms with van der Waals surface area (Å²) >= 11 is 0. The van der Waals surface area contributed by atoms with Crippen LogP contribution >= 0.6 is 0 Å². The Hall–Kier alpha value is -1.97. The third-order valence-corrected chi connectivity index (χ3v) is 2.27. The topological polar surface area (TPSA) is 51.0 Å². The second-order valence-electron chi connectivity index (χ2n) is 3.96. The SMILES string of the molecule is CC1(CC(=O)Oc2ccccc2)C=NN=C1. The van der Waals surface area contributed by atoms with Gasteiger partial charge in [-0.15, -0.1) is 0 Å². The van der Waals surface area contributed by atoms with Crippen LogP contribution in [-0.2, 0) is 4.79 Å². The summed E-state index contributed by atoms with van der Waals surface area (Å²) < 4.78 is 5.18. The normalized spacial score (nSPS) is 16.3. The highest BCUT2D eigenvalue weighted by atomic mass is 16.5. The van der Waals surface area contributed by atoms with Crippen LogP contribution in [0, 0.1) is 5.41 Å². The first-order chi connectivity index (χ1) is 7.68. The molecular weight excluding hydrogens is 204 g/mol. The molecule has 2 rings (SSSR count). The van der Waals surface area contributed by atoms with Gasteiger partial charge in [-0.3, -0.25) is 4.79 Å². The molecule has 0 spiro atoms. The van der Waals surface area contributed by atoms with E-state index < -0.39 is 5.41 Å². The Morgan fingerprint density at radius 2 is 1.88 bits per heavy atom. The number of hydrogen-bond donors (Lipinski definition) is 0. The van der Waals surface area contributed by atoms with Crippen molar-refractivity contribution in [1.82, 2.24) is 0 Å². The molecule has 0 amide bonds. The minimum absolute atomic E-state index is 0.245. The van der Waals surface area contributed by atoms with Crippen LogP contribution in [0.4, 0.5) is 0 Å². The van der Waals surface area contributed by atoms with Crippen LogP contribution in [0.15, 0.2) is 40.5 Å². The van der Waals surface area contributed by atoms with E-state index in [0.717, 1.165) is 0 Å². The van der Waals surface area contributed by atoms with Gasteiger partial charge in [0.2, 0.25) is 0 Å². The molecule has 0 fully saturated rings. The molecule has 0 saturated heterocycles. The van der Waals surface area contributed by atoms with Crippen LogP contribution in [0.5, 0.6) is 5.75 Å². The zero-order valence-corrected chi connectivity index (χ0v) is 8.96. The molecule has 1 heterocycles. The molecule has 1 aromatic carbocycles. The van der Waals surface area contributed by atoms with Crippen molar-refractivity contribution in [3.8, 4) is 5.75 Å². The predicted molar refractivity (Wildman–Crippen MR) is 61.8 cm³/mol. The van der Waals surface area contributed by atoms with Gasteiger partial charge < -0.3 is 4.74 Å². The van der Waals surface area contributed by atoms with Crippen molar-refractivity contribution >= 4 is 18.4 Å². The molecule has 0 saturated carbocycles. The van der Waals surface area contributed by atoms with Crippen LogP contribution in [0.2, 0.25) is 0 Å². The van der Waals surface area contributed by atoms with Crippen LogP contribution < -0.4 is 4.74 Å². The predicted octanol–water partition coefficient (Wildman–Crippen LogP) is 2.06. The number of nitrogens with zero attached hydrogens (tertiary/aromatic N) is 2. The van der Waals surface area contributed by atoms with E-state index in [-0.39, 0.29) is 12.4 Å². The lowest BCUT2D eigenvalue weighted by molar-refractivity contribution is -0.135. The van der Waals surface area contributed by atoms with Gasteiger partial charge in [-0.2, -0.15) is 10.2 Å². The van der Waals surface area contributed by atoms with Gasteiger partial charge in [0.05, 0.1) is 11.8 Å². The van der Waals surface area contributed by atoms with Crippen molar-refractivity contribution in [2.45, 2.75) is 13.3 Å². The van der Waals surface area contributed by atoms with Crippen LogP contribution in [-0.4, -0.2) is 18.4 Å². The van der Waals surface area contributed by atoms with Gasteiger partial charge in [0.25, 0.3) is 0 Å². The summed E-state index contributed by atoms with van der Waals surface area (Å²) in [6.07, 6.45) is 3.55. The summed E-state index contributed by atoms with van der Waals surface area (Å²) in [6.45, 7) is 1.89. The molecule has 4 heteroatoms. The fourth-order valence-corrected chi connectivity index (χ4v) is 1.42. The largest absolute Gasteiger partial charge is 0.426 e. The summed E-state index contributed by atoms with van der Waals surface area (Å²) in [7, 11) is 0. The van der Waals surface area contributed by atoms with Crippen molar-refractivity contribution in [1.29, 1.82) is 0 Å². The van der Waals surface area contributed by atoms with Crippen LogP contribution in [0.1, 0.15) is 13.3 Å². The monoisotopic (exact) mass is 216 g/mol. The first-order valence-corrected chi connectivity index (χ1v) is 5.02. The fourth-order valence-electron chi connectivity index (χ4n) is 1.42. The number of rotatable bonds is 3. The minimum Gasteiger partial charge on any atom is -0.426 e. The van der Waals surface area contributed by atoms with E-state index in [1.807, 2.05) is 25.1 Å². The molecule has 16 heavy (non-hydrogen) atoms. The van der Waals surface area contributed by atoms with Crippen LogP contribution in [0.3, 0.4) is 0 Å². The zero-order chi connectivity index (χ0) is 11.4. The van der Waals surface area contributed by atoms with E-state index in [4.69, 9.17) is 4.74 Å². The Balaban J connectivity index is 1.95. The Kier molecular flexibility index (Phi) is 2.81. The molecule has 0 aliphatic carbocycles. The number of carbonyl (C=O) groups excluding carboxylic acids is 1. The molecule has 0 aromatic heterocycles.